The van der Waals surface area contributed by atoms with Crippen molar-refractivity contribution in [2.75, 3.05) is 24.2 Å². The molecule has 0 saturated carbocycles. The van der Waals surface area contributed by atoms with E-state index in [-0.39, 0.29) is 28.7 Å². The van der Waals surface area contributed by atoms with Crippen LogP contribution in [0.25, 0.3) is 0 Å². The Morgan fingerprint density at radius 2 is 1.73 bits per heavy atom. The number of hydrogen-bond acceptors (Lipinski definition) is 4. The van der Waals surface area contributed by atoms with Crippen molar-refractivity contribution in [3.8, 4) is 0 Å². The lowest BCUT2D eigenvalue weighted by atomic mass is 10.1. The first kappa shape index (κ1) is 27.5. The number of benzene rings is 2. The molecule has 1 N–H and O–H groups in total. The standard InChI is InChI=1S/C21H23Cl4N3O4S/c1-4-17(21(30)26-2)27(11-13-8-9-14(22)10-16(13)24)19(29)12-28(33(3,31)32)18-7-5-6-15(23)20(18)25/h5-10,17H,4,11-12H2,1-3H3,(H,26,30)/t17-/m1/s1. The fourth-order valence-corrected chi connectivity index (χ4v) is 4.97. The van der Waals surface area contributed by atoms with Crippen LogP contribution in [-0.2, 0) is 26.2 Å². The van der Waals surface area contributed by atoms with Crippen molar-refractivity contribution in [1.82, 2.24) is 10.2 Å². The van der Waals surface area contributed by atoms with Crippen molar-refractivity contribution in [2.24, 2.45) is 0 Å². The smallest absolute Gasteiger partial charge is 0.244 e. The van der Waals surface area contributed by atoms with Crippen LogP contribution in [0.1, 0.15) is 18.9 Å². The van der Waals surface area contributed by atoms with Gasteiger partial charge in [0, 0.05) is 23.6 Å². The number of likely N-dealkylation sites (N-methyl/N-ethyl adjacent to an activating group) is 1. The van der Waals surface area contributed by atoms with Crippen molar-refractivity contribution in [3.05, 3.63) is 62.1 Å². The highest BCUT2D eigenvalue weighted by atomic mass is 35.5. The molecular formula is C21H23Cl4N3O4S. The molecule has 0 aliphatic rings. The van der Waals surface area contributed by atoms with Gasteiger partial charge in [0.05, 0.1) is 22.0 Å². The molecule has 33 heavy (non-hydrogen) atoms. The molecule has 0 bridgehead atoms. The minimum absolute atomic E-state index is 0.0111. The zero-order chi connectivity index (χ0) is 24.9. The summed E-state index contributed by atoms with van der Waals surface area (Å²) in [4.78, 5) is 27.3. The van der Waals surface area contributed by atoms with Crippen LogP contribution in [0.3, 0.4) is 0 Å². The predicted molar refractivity (Wildman–Crippen MR) is 134 cm³/mol. The lowest BCUT2D eigenvalue weighted by Gasteiger charge is -2.33. The lowest BCUT2D eigenvalue weighted by Crippen LogP contribution is -2.51. The number of sulfonamides is 1. The molecule has 2 aromatic rings. The molecule has 12 heteroatoms. The van der Waals surface area contributed by atoms with Crippen molar-refractivity contribution in [2.45, 2.75) is 25.9 Å². The summed E-state index contributed by atoms with van der Waals surface area (Å²) in [6.07, 6.45) is 1.24. The Morgan fingerprint density at radius 3 is 2.27 bits per heavy atom. The summed E-state index contributed by atoms with van der Waals surface area (Å²) < 4.78 is 26.0. The predicted octanol–water partition coefficient (Wildman–Crippen LogP) is 4.62. The summed E-state index contributed by atoms with van der Waals surface area (Å²) in [6, 6.07) is 8.38. The number of halogens is 4. The number of carbonyl (C=O) groups is 2. The third-order valence-corrected chi connectivity index (χ3v) is 7.39. The van der Waals surface area contributed by atoms with Gasteiger partial charge in [-0.3, -0.25) is 13.9 Å². The molecule has 0 heterocycles. The Kier molecular flexibility index (Phi) is 9.70. The van der Waals surface area contributed by atoms with Crippen LogP contribution < -0.4 is 9.62 Å². The molecule has 1 atom stereocenters. The van der Waals surface area contributed by atoms with Crippen LogP contribution in [0, 0.1) is 0 Å². The molecule has 0 radical (unpaired) electrons. The molecule has 2 rings (SSSR count). The van der Waals surface area contributed by atoms with Crippen molar-refractivity contribution in [3.63, 3.8) is 0 Å². The third-order valence-electron chi connectivity index (χ3n) is 4.87. The summed E-state index contributed by atoms with van der Waals surface area (Å²) in [5.41, 5.74) is 0.598. The summed E-state index contributed by atoms with van der Waals surface area (Å²) in [5.74, 6) is -1.03. The topological polar surface area (TPSA) is 86.8 Å². The first-order valence-corrected chi connectivity index (χ1v) is 13.1. The molecule has 2 aromatic carbocycles. The molecule has 2 amide bonds. The van der Waals surface area contributed by atoms with Gasteiger partial charge in [-0.25, -0.2) is 8.42 Å². The van der Waals surface area contributed by atoms with Crippen LogP contribution >= 0.6 is 46.4 Å². The molecule has 0 aliphatic heterocycles. The van der Waals surface area contributed by atoms with Crippen LogP contribution in [0.2, 0.25) is 20.1 Å². The number of nitrogens with one attached hydrogen (secondary N) is 1. The fraction of sp³-hybridized carbons (Fsp3) is 0.333. The fourth-order valence-electron chi connectivity index (χ4n) is 3.20. The van der Waals surface area contributed by atoms with Crippen LogP contribution in [0.4, 0.5) is 5.69 Å². The summed E-state index contributed by atoms with van der Waals surface area (Å²) >= 11 is 24.5. The summed E-state index contributed by atoms with van der Waals surface area (Å²) in [5, 5.41) is 3.39. The molecule has 0 fully saturated rings. The SMILES string of the molecule is CC[C@H](C(=O)NC)N(Cc1ccc(Cl)cc1Cl)C(=O)CN(c1cccc(Cl)c1Cl)S(C)(=O)=O. The van der Waals surface area contributed by atoms with E-state index in [1.807, 2.05) is 0 Å². The minimum Gasteiger partial charge on any atom is -0.357 e. The van der Waals surface area contributed by atoms with Gasteiger partial charge >= 0.3 is 0 Å². The van der Waals surface area contributed by atoms with E-state index in [9.17, 15) is 18.0 Å². The maximum absolute atomic E-state index is 13.5. The largest absolute Gasteiger partial charge is 0.357 e. The quantitative estimate of drug-likeness (QED) is 0.490. The second kappa shape index (κ2) is 11.6. The van der Waals surface area contributed by atoms with E-state index in [1.54, 1.807) is 19.1 Å². The third kappa shape index (κ3) is 6.90. The van der Waals surface area contributed by atoms with Crippen molar-refractivity contribution < 1.29 is 18.0 Å². The number of nitrogens with zero attached hydrogens (tertiary/aromatic N) is 2. The average Bonchev–Trinajstić information content (AvgIpc) is 2.74. The van der Waals surface area contributed by atoms with E-state index in [0.717, 1.165) is 10.6 Å². The van der Waals surface area contributed by atoms with Crippen LogP contribution in [-0.4, -0.2) is 51.0 Å². The van der Waals surface area contributed by atoms with E-state index in [1.165, 1.54) is 36.2 Å². The van der Waals surface area contributed by atoms with Crippen LogP contribution in [0.5, 0.6) is 0 Å². The van der Waals surface area contributed by atoms with Gasteiger partial charge < -0.3 is 10.2 Å². The Balaban J connectivity index is 2.51. The lowest BCUT2D eigenvalue weighted by molar-refractivity contribution is -0.140. The second-order valence-corrected chi connectivity index (χ2v) is 10.7. The first-order chi connectivity index (χ1) is 15.4. The molecule has 180 valence electrons. The zero-order valence-corrected chi connectivity index (χ0v) is 22.0. The van der Waals surface area contributed by atoms with Gasteiger partial charge in [0.15, 0.2) is 0 Å². The summed E-state index contributed by atoms with van der Waals surface area (Å²) in [7, 11) is -2.48. The number of carbonyl (C=O) groups excluding carboxylic acids is 2. The Labute approximate surface area is 213 Å². The Hall–Kier alpha value is -1.71. The van der Waals surface area contributed by atoms with E-state index >= 15 is 0 Å². The molecular weight excluding hydrogens is 532 g/mol. The highest BCUT2D eigenvalue weighted by Crippen LogP contribution is 2.34. The molecule has 0 unspecified atom stereocenters. The van der Waals surface area contributed by atoms with Gasteiger partial charge in [-0.1, -0.05) is 65.5 Å². The average molecular weight is 555 g/mol. The summed E-state index contributed by atoms with van der Waals surface area (Å²) in [6.45, 7) is 1.10. The first-order valence-electron chi connectivity index (χ1n) is 9.77. The van der Waals surface area contributed by atoms with E-state index < -0.39 is 34.4 Å². The maximum atomic E-state index is 13.5. The van der Waals surface area contributed by atoms with Gasteiger partial charge in [-0.05, 0) is 36.2 Å². The minimum atomic E-state index is -3.93. The highest BCUT2D eigenvalue weighted by molar-refractivity contribution is 7.92. The van der Waals surface area contributed by atoms with Crippen molar-refractivity contribution in [1.29, 1.82) is 0 Å². The molecule has 0 saturated heterocycles. The zero-order valence-electron chi connectivity index (χ0n) is 18.1. The van der Waals surface area contributed by atoms with Gasteiger partial charge in [0.1, 0.15) is 12.6 Å². The van der Waals surface area contributed by atoms with E-state index in [4.69, 9.17) is 46.4 Å². The van der Waals surface area contributed by atoms with E-state index in [2.05, 4.69) is 5.32 Å². The number of anilines is 1. The van der Waals surface area contributed by atoms with Gasteiger partial charge in [-0.15, -0.1) is 0 Å². The number of hydrogen-bond donors (Lipinski definition) is 1. The van der Waals surface area contributed by atoms with Crippen LogP contribution in [0.15, 0.2) is 36.4 Å². The molecule has 0 aromatic heterocycles. The van der Waals surface area contributed by atoms with Gasteiger partial charge in [-0.2, -0.15) is 0 Å². The normalized spacial score (nSPS) is 12.2. The Bertz CT molecular complexity index is 1140. The maximum Gasteiger partial charge on any atom is 0.244 e. The van der Waals surface area contributed by atoms with E-state index in [0.29, 0.717) is 15.6 Å². The van der Waals surface area contributed by atoms with Crippen molar-refractivity contribution >= 4 is 73.9 Å². The molecule has 7 nitrogen and oxygen atoms in total. The Morgan fingerprint density at radius 1 is 1.06 bits per heavy atom. The number of rotatable bonds is 9. The van der Waals surface area contributed by atoms with Gasteiger partial charge in [0.2, 0.25) is 21.8 Å². The molecule has 0 spiro atoms. The molecule has 0 aliphatic carbocycles. The second-order valence-electron chi connectivity index (χ2n) is 7.14. The highest BCUT2D eigenvalue weighted by Gasteiger charge is 2.32. The monoisotopic (exact) mass is 553 g/mol. The van der Waals surface area contributed by atoms with Gasteiger partial charge in [0.25, 0.3) is 0 Å². The number of amides is 2.